The fraction of sp³-hybridized carbons (Fsp3) is 0.0964. The summed E-state index contributed by atoms with van der Waals surface area (Å²) >= 11 is 0. The molecular formula is C83H55Ir4N10O3Si-3. The first-order valence-electron chi connectivity index (χ1n) is 32.7. The summed E-state index contributed by atoms with van der Waals surface area (Å²) < 4.78 is 30.4. The maximum Gasteiger partial charge on any atom is 0.493 e. The molecule has 0 bridgehead atoms. The molecular weight excluding hydrogens is 1980 g/mol. The number of para-hydroxylation sites is 5. The van der Waals surface area contributed by atoms with Crippen LogP contribution in [0.2, 0.25) is 13.1 Å². The van der Waals surface area contributed by atoms with Gasteiger partial charge in [0, 0.05) is 138 Å². The first-order valence-corrected chi connectivity index (χ1v) is 35.9. The second kappa shape index (κ2) is 25.8. The molecule has 0 unspecified atom stereocenters. The number of ether oxygens (including phenoxy) is 2. The van der Waals surface area contributed by atoms with E-state index in [0.29, 0.717) is 13.2 Å². The van der Waals surface area contributed by atoms with Gasteiger partial charge in [0.25, 0.3) is 6.20 Å². The summed E-state index contributed by atoms with van der Waals surface area (Å²) in [6.45, 7) is 6.07. The molecule has 0 aliphatic carbocycles. The predicted molar refractivity (Wildman–Crippen MR) is 386 cm³/mol. The molecule has 0 atom stereocenters. The summed E-state index contributed by atoms with van der Waals surface area (Å²) in [7, 11) is 0.474. The first kappa shape index (κ1) is 66.0. The van der Waals surface area contributed by atoms with Crippen molar-refractivity contribution in [3.8, 4) is 11.6 Å². The van der Waals surface area contributed by atoms with Crippen LogP contribution in [0.15, 0.2) is 224 Å². The van der Waals surface area contributed by atoms with Gasteiger partial charge >= 0.3 is 6.01 Å². The van der Waals surface area contributed by atoms with Crippen LogP contribution < -0.4 is 14.8 Å². The molecule has 9 aromatic heterocycles. The maximum atomic E-state index is 5.97. The number of benzene rings is 10. The van der Waals surface area contributed by atoms with Gasteiger partial charge < -0.3 is 31.5 Å². The predicted octanol–water partition coefficient (Wildman–Crippen LogP) is 17.0. The normalized spacial score (nSPS) is 13.7. The Balaban J connectivity index is 0.0000000970. The van der Waals surface area contributed by atoms with Crippen molar-refractivity contribution in [3.63, 3.8) is 0 Å². The molecule has 10 aromatic carbocycles. The van der Waals surface area contributed by atoms with Crippen molar-refractivity contribution < 1.29 is 103 Å². The average Bonchev–Trinajstić information content (AvgIpc) is 1.68. The van der Waals surface area contributed by atoms with Gasteiger partial charge in [0.15, 0.2) is 12.7 Å². The van der Waals surface area contributed by atoms with Gasteiger partial charge in [0.2, 0.25) is 12.1 Å². The van der Waals surface area contributed by atoms with E-state index in [1.54, 1.807) is 6.20 Å². The first-order chi connectivity index (χ1) is 47.8. The molecule has 0 saturated carbocycles. The number of aromatic nitrogens is 8. The van der Waals surface area contributed by atoms with E-state index in [1.165, 1.54) is 93.4 Å². The number of imidazole rings is 4. The van der Waals surface area contributed by atoms with Crippen molar-refractivity contribution in [1.82, 2.24) is 37.5 Å². The van der Waals surface area contributed by atoms with Crippen molar-refractivity contribution in [1.29, 1.82) is 0 Å². The quantitative estimate of drug-likeness (QED) is 0.0697. The number of pyridine rings is 4. The molecule has 4 radical (unpaired) electrons. The van der Waals surface area contributed by atoms with Gasteiger partial charge in [-0.3, -0.25) is 19.9 Å². The van der Waals surface area contributed by atoms with E-state index in [1.807, 2.05) is 120 Å². The summed E-state index contributed by atoms with van der Waals surface area (Å²) in [4.78, 5) is 18.5. The Hall–Kier alpha value is -9.63. The molecule has 101 heavy (non-hydrogen) atoms. The van der Waals surface area contributed by atoms with E-state index < -0.39 is 8.07 Å². The van der Waals surface area contributed by atoms with Gasteiger partial charge in [-0.05, 0) is 63.7 Å². The number of nitrogens with zero attached hydrogens (tertiary/aromatic N) is 10. The Morgan fingerprint density at radius 3 is 1.58 bits per heavy atom. The zero-order valence-electron chi connectivity index (χ0n) is 54.4. The van der Waals surface area contributed by atoms with E-state index >= 15 is 0 Å². The number of hydrogen-bond acceptors (Lipinski definition) is 7. The van der Waals surface area contributed by atoms with Crippen LogP contribution in [0.5, 0.6) is 11.6 Å². The molecule has 24 rings (SSSR count). The van der Waals surface area contributed by atoms with Crippen LogP contribution in [0.25, 0.3) is 131 Å². The fourth-order valence-corrected chi connectivity index (χ4v) is 18.3. The summed E-state index contributed by atoms with van der Waals surface area (Å²) in [5, 5.41) is 18.0. The zero-order valence-corrected chi connectivity index (χ0v) is 64.9. The topological polar surface area (TPSA) is 107 Å². The van der Waals surface area contributed by atoms with Crippen LogP contribution in [0.1, 0.15) is 28.1 Å². The third-order valence-electron chi connectivity index (χ3n) is 19.9. The van der Waals surface area contributed by atoms with Crippen molar-refractivity contribution in [2.24, 2.45) is 0 Å². The smallest absolute Gasteiger partial charge is 0.493 e. The van der Waals surface area contributed by atoms with Crippen molar-refractivity contribution in [3.05, 3.63) is 278 Å². The van der Waals surface area contributed by atoms with Crippen molar-refractivity contribution in [2.75, 3.05) is 7.05 Å². The minimum Gasteiger partial charge on any atom is -0.509 e. The van der Waals surface area contributed by atoms with Gasteiger partial charge in [-0.1, -0.05) is 134 Å². The molecule has 5 aliphatic rings. The van der Waals surface area contributed by atoms with Gasteiger partial charge in [-0.25, -0.2) is 0 Å². The molecule has 5 aliphatic heterocycles. The maximum absolute atomic E-state index is 5.97. The van der Waals surface area contributed by atoms with Crippen LogP contribution in [-0.4, -0.2) is 67.8 Å². The van der Waals surface area contributed by atoms with Gasteiger partial charge in [0.1, 0.15) is 32.6 Å². The van der Waals surface area contributed by atoms with E-state index in [-0.39, 0.29) is 80.4 Å². The third-order valence-corrected chi connectivity index (χ3v) is 22.9. The Morgan fingerprint density at radius 2 is 0.941 bits per heavy atom. The second-order valence-electron chi connectivity index (χ2n) is 26.0. The Morgan fingerprint density at radius 1 is 0.426 bits per heavy atom. The summed E-state index contributed by atoms with van der Waals surface area (Å²) in [6, 6.07) is 83.5. The molecule has 0 fully saturated rings. The van der Waals surface area contributed by atoms with Crippen molar-refractivity contribution >= 4 is 156 Å². The Kier molecular flexibility index (Phi) is 16.8. The number of hydrogen-bond donors (Lipinski definition) is 0. The van der Waals surface area contributed by atoms with Crippen LogP contribution in [0, 0.1) is 30.3 Å². The number of rotatable bonds is 1. The van der Waals surface area contributed by atoms with Crippen molar-refractivity contribution in [2.45, 2.75) is 45.2 Å². The van der Waals surface area contributed by atoms with Crippen LogP contribution in [0.3, 0.4) is 0 Å². The van der Waals surface area contributed by atoms with Crippen LogP contribution in [0.4, 0.5) is 5.69 Å². The van der Waals surface area contributed by atoms with E-state index in [0.717, 1.165) is 107 Å². The second-order valence-corrected chi connectivity index (χ2v) is 30.6. The minimum atomic E-state index is -1.47. The largest absolute Gasteiger partial charge is 0.509 e. The molecule has 14 heterocycles. The SMILES string of the molecule is C[N+]1=C=[N+](c2[c-]ccc3c2oc2ccccc23)C=C1.C[Si]1(C)Cc2cccc3c4ccc[c-]c4c4ncc1n4c23.[Ir].[Ir].[Ir].[Ir].[c-]1cccc2c1c1ncc3n1c1c(cccc21)CC3.[c-]1cccc2c1c1ncc3n1c1c(cccc21)CO3.[c-]1cccc2c1c1ncc3n1c1c(cccc21)OC3. The van der Waals surface area contributed by atoms with E-state index in [4.69, 9.17) is 18.9 Å². The molecule has 0 saturated heterocycles. The monoisotopic (exact) mass is 2040 g/mol. The molecule has 19 aromatic rings. The minimum absolute atomic E-state index is 0. The van der Waals surface area contributed by atoms with Gasteiger partial charge in [-0.15, -0.1) is 125 Å². The summed E-state index contributed by atoms with van der Waals surface area (Å²) in [5.41, 5.74) is 18.2. The molecule has 0 spiro atoms. The standard InChI is InChI=1S/C18H15N2Si.C17H11N2.2C16H9N2O.C16H11N2O.4Ir/c1-21(2)11-12-6-5-9-14-13-7-3-4-8-15(13)18-19-10-16(21)20(18)17(12)14;1-2-6-15-13(5-1)14-7-3-4-11-8-9-12-10-18-17(15)19(12)16(11)14;1-2-6-13-11(5-1)12-7-3-4-10-9-19-14-8-17-16(13)18(14)15(10)12;1-2-5-13-11(4-1)12-6-3-7-14-15(12)18-10(9-19-14)8-17-16(13)18;1-17-9-10-18(11-17)14-7-4-6-13-12-5-2-3-8-15(12)19-16(13)14;;;;/h3-7,9-10H,11H2,1-2H3;1-5,7,10H,8-9H2;1-5,7-8H,9H2;1-4,6-8H,9H2;2-6,8-10H,1H3;;;;/q4*-1;+1;;;;. The summed E-state index contributed by atoms with van der Waals surface area (Å²) in [5.74, 6) is 1.75. The Bertz CT molecular complexity index is 6380. The van der Waals surface area contributed by atoms with E-state index in [9.17, 15) is 0 Å². The van der Waals surface area contributed by atoms with E-state index in [2.05, 4.69) is 191 Å². The average molecular weight is 2040 g/mol. The van der Waals surface area contributed by atoms with Gasteiger partial charge in [-0.2, -0.15) is 12.1 Å². The molecule has 18 heteroatoms. The third kappa shape index (κ3) is 10.3. The van der Waals surface area contributed by atoms with Crippen LogP contribution in [-0.2, 0) is 113 Å². The number of fused-ring (bicyclic) bond motifs is 15. The molecule has 0 amide bonds. The molecule has 498 valence electrons. The molecule has 0 N–H and O–H groups in total. The van der Waals surface area contributed by atoms with Gasteiger partial charge in [0.05, 0.1) is 45.6 Å². The Labute approximate surface area is 633 Å². The molecule has 13 nitrogen and oxygen atoms in total. The fourth-order valence-electron chi connectivity index (χ4n) is 15.6. The zero-order chi connectivity index (χ0) is 64.2. The summed E-state index contributed by atoms with van der Waals surface area (Å²) in [6.07, 6.45) is 13.9. The number of furan rings is 1. The van der Waals surface area contributed by atoms with Crippen LogP contribution >= 0.6 is 0 Å². The number of aryl methyl sites for hydroxylation is 2.